The lowest BCUT2D eigenvalue weighted by Crippen LogP contribution is -2.52. The van der Waals surface area contributed by atoms with Crippen molar-refractivity contribution < 1.29 is 9.59 Å². The predicted molar refractivity (Wildman–Crippen MR) is 108 cm³/mol. The number of nitrogens with one attached hydrogen (secondary N) is 1. The quantitative estimate of drug-likeness (QED) is 0.838. The van der Waals surface area contributed by atoms with Crippen molar-refractivity contribution >= 4 is 11.8 Å². The first-order valence-corrected chi connectivity index (χ1v) is 10.2. The smallest absolute Gasteiger partial charge is 0.254 e. The molecule has 4 rings (SSSR count). The molecule has 2 amide bonds. The molecule has 5 nitrogen and oxygen atoms in total. The van der Waals surface area contributed by atoms with Crippen LogP contribution in [0.4, 0.5) is 0 Å². The summed E-state index contributed by atoms with van der Waals surface area (Å²) >= 11 is 0. The number of amides is 2. The average Bonchev–Trinajstić information content (AvgIpc) is 3.07. The molecule has 1 saturated carbocycles. The van der Waals surface area contributed by atoms with Crippen molar-refractivity contribution in [1.82, 2.24) is 15.2 Å². The first-order chi connectivity index (χ1) is 13.7. The highest BCUT2D eigenvalue weighted by atomic mass is 16.2. The molecule has 146 valence electrons. The Bertz CT molecular complexity index is 844. The topological polar surface area (TPSA) is 62.3 Å². The monoisotopic (exact) mass is 377 g/mol. The van der Waals surface area contributed by atoms with Gasteiger partial charge in [-0.3, -0.25) is 14.6 Å². The first kappa shape index (κ1) is 18.7. The fraction of sp³-hybridized carbons (Fsp3) is 0.435. The molecule has 5 heteroatoms. The van der Waals surface area contributed by atoms with Gasteiger partial charge in [0.1, 0.15) is 0 Å². The number of nitrogens with zero attached hydrogens (tertiary/aromatic N) is 2. The van der Waals surface area contributed by atoms with Gasteiger partial charge in [-0.25, -0.2) is 0 Å². The molecule has 0 saturated heterocycles. The molecule has 2 aromatic rings. The number of rotatable bonds is 6. The number of hydrogen-bond donors (Lipinski definition) is 1. The fourth-order valence-electron chi connectivity index (χ4n) is 4.65. The van der Waals surface area contributed by atoms with Gasteiger partial charge in [0.2, 0.25) is 5.91 Å². The van der Waals surface area contributed by atoms with E-state index in [0.29, 0.717) is 19.5 Å². The Balaban J connectivity index is 1.43. The van der Waals surface area contributed by atoms with E-state index in [0.717, 1.165) is 48.8 Å². The van der Waals surface area contributed by atoms with E-state index in [9.17, 15) is 9.59 Å². The van der Waals surface area contributed by atoms with Crippen molar-refractivity contribution in [3.63, 3.8) is 0 Å². The Hall–Kier alpha value is -2.69. The fourth-order valence-corrected chi connectivity index (χ4v) is 4.65. The summed E-state index contributed by atoms with van der Waals surface area (Å²) in [6.07, 6.45) is 9.86. The summed E-state index contributed by atoms with van der Waals surface area (Å²) in [5, 5.41) is 3.07. The molecule has 1 aromatic carbocycles. The zero-order valence-corrected chi connectivity index (χ0v) is 16.2. The average molecular weight is 377 g/mol. The van der Waals surface area contributed by atoms with E-state index >= 15 is 0 Å². The molecular formula is C23H27N3O2. The van der Waals surface area contributed by atoms with Gasteiger partial charge in [-0.15, -0.1) is 0 Å². The number of carbonyl (C=O) groups excluding carboxylic acids is 2. The van der Waals surface area contributed by atoms with E-state index in [4.69, 9.17) is 0 Å². The Kier molecular flexibility index (Phi) is 5.42. The molecule has 1 aliphatic heterocycles. The number of hydrogen-bond acceptors (Lipinski definition) is 3. The van der Waals surface area contributed by atoms with Crippen LogP contribution in [0, 0.1) is 0 Å². The second-order valence-electron chi connectivity index (χ2n) is 7.97. The van der Waals surface area contributed by atoms with Gasteiger partial charge < -0.3 is 10.2 Å². The van der Waals surface area contributed by atoms with Crippen LogP contribution in [0.2, 0.25) is 0 Å². The number of pyridine rings is 1. The molecule has 28 heavy (non-hydrogen) atoms. The van der Waals surface area contributed by atoms with Crippen LogP contribution in [-0.4, -0.2) is 33.8 Å². The minimum absolute atomic E-state index is 0.0414. The van der Waals surface area contributed by atoms with Crippen LogP contribution < -0.4 is 5.32 Å². The summed E-state index contributed by atoms with van der Waals surface area (Å²) in [6.45, 7) is 1.23. The van der Waals surface area contributed by atoms with Gasteiger partial charge in [0.05, 0.1) is 5.54 Å². The molecular weight excluding hydrogens is 350 g/mol. The SMILES string of the molecule is O=C(CC1(N2Cc3ccccc3C2=O)CCCCC1)NCCc1ccncc1. The van der Waals surface area contributed by atoms with Crippen molar-refractivity contribution in [2.45, 2.75) is 57.0 Å². The summed E-state index contributed by atoms with van der Waals surface area (Å²) in [7, 11) is 0. The first-order valence-electron chi connectivity index (χ1n) is 10.2. The van der Waals surface area contributed by atoms with E-state index in [2.05, 4.69) is 10.3 Å². The van der Waals surface area contributed by atoms with Gasteiger partial charge in [0.15, 0.2) is 0 Å². The molecule has 1 fully saturated rings. The van der Waals surface area contributed by atoms with Crippen LogP contribution in [0.5, 0.6) is 0 Å². The normalized spacial score (nSPS) is 18.0. The Labute approximate surface area is 166 Å². The third-order valence-corrected chi connectivity index (χ3v) is 6.15. The highest BCUT2D eigenvalue weighted by Crippen LogP contribution is 2.41. The minimum atomic E-state index is -0.352. The molecule has 2 aliphatic rings. The zero-order valence-electron chi connectivity index (χ0n) is 16.2. The second kappa shape index (κ2) is 8.13. The summed E-state index contributed by atoms with van der Waals surface area (Å²) in [4.78, 5) is 31.9. The minimum Gasteiger partial charge on any atom is -0.356 e. The maximum atomic E-state index is 13.1. The third kappa shape index (κ3) is 3.79. The molecule has 0 unspecified atom stereocenters. The Morgan fingerprint density at radius 2 is 1.82 bits per heavy atom. The predicted octanol–water partition coefficient (Wildman–Crippen LogP) is 3.49. The molecule has 0 radical (unpaired) electrons. The largest absolute Gasteiger partial charge is 0.356 e. The number of aromatic nitrogens is 1. The van der Waals surface area contributed by atoms with Gasteiger partial charge in [-0.2, -0.15) is 0 Å². The lowest BCUT2D eigenvalue weighted by Gasteiger charge is -2.44. The van der Waals surface area contributed by atoms with Crippen molar-refractivity contribution in [3.8, 4) is 0 Å². The maximum Gasteiger partial charge on any atom is 0.254 e. The maximum absolute atomic E-state index is 13.1. The summed E-state index contributed by atoms with van der Waals surface area (Å²) in [6, 6.07) is 11.8. The molecule has 2 heterocycles. The van der Waals surface area contributed by atoms with Crippen molar-refractivity contribution in [1.29, 1.82) is 0 Å². The second-order valence-corrected chi connectivity index (χ2v) is 7.97. The molecule has 0 bridgehead atoms. The van der Waals surface area contributed by atoms with Crippen LogP contribution in [0.15, 0.2) is 48.8 Å². The van der Waals surface area contributed by atoms with Crippen LogP contribution in [0.1, 0.15) is 60.0 Å². The van der Waals surface area contributed by atoms with Crippen molar-refractivity contribution in [2.24, 2.45) is 0 Å². The van der Waals surface area contributed by atoms with E-state index in [1.165, 1.54) is 6.42 Å². The number of benzene rings is 1. The Morgan fingerprint density at radius 3 is 2.57 bits per heavy atom. The summed E-state index contributed by atoms with van der Waals surface area (Å²) in [5.74, 6) is 0.127. The van der Waals surface area contributed by atoms with Crippen molar-refractivity contribution in [2.75, 3.05) is 6.54 Å². The lowest BCUT2D eigenvalue weighted by molar-refractivity contribution is -0.124. The lowest BCUT2D eigenvalue weighted by atomic mass is 9.77. The molecule has 1 aliphatic carbocycles. The van der Waals surface area contributed by atoms with Gasteiger partial charge in [-0.1, -0.05) is 37.5 Å². The van der Waals surface area contributed by atoms with E-state index < -0.39 is 0 Å². The van der Waals surface area contributed by atoms with Crippen LogP contribution in [0.3, 0.4) is 0 Å². The van der Waals surface area contributed by atoms with Gasteiger partial charge in [0, 0.05) is 37.5 Å². The standard InChI is InChI=1S/C23H27N3O2/c27-21(25-15-10-18-8-13-24-14-9-18)16-23(11-4-1-5-12-23)26-17-19-6-2-3-7-20(19)22(26)28/h2-3,6-9,13-14H,1,4-5,10-12,15-17H2,(H,25,27). The van der Waals surface area contributed by atoms with Crippen LogP contribution in [-0.2, 0) is 17.8 Å². The molecule has 0 spiro atoms. The summed E-state index contributed by atoms with van der Waals surface area (Å²) in [5.41, 5.74) is 2.68. The van der Waals surface area contributed by atoms with Gasteiger partial charge >= 0.3 is 0 Å². The Morgan fingerprint density at radius 1 is 1.07 bits per heavy atom. The highest BCUT2D eigenvalue weighted by Gasteiger charge is 2.45. The molecule has 0 atom stereocenters. The van der Waals surface area contributed by atoms with E-state index in [1.54, 1.807) is 12.4 Å². The number of carbonyl (C=O) groups is 2. The molecule has 1 N–H and O–H groups in total. The number of fused-ring (bicyclic) bond motifs is 1. The van der Waals surface area contributed by atoms with E-state index in [1.807, 2.05) is 41.3 Å². The van der Waals surface area contributed by atoms with Crippen LogP contribution in [0.25, 0.3) is 0 Å². The zero-order chi connectivity index (χ0) is 19.4. The van der Waals surface area contributed by atoms with E-state index in [-0.39, 0.29) is 17.4 Å². The van der Waals surface area contributed by atoms with Gasteiger partial charge in [0.25, 0.3) is 5.91 Å². The molecule has 1 aromatic heterocycles. The third-order valence-electron chi connectivity index (χ3n) is 6.15. The summed E-state index contributed by atoms with van der Waals surface area (Å²) < 4.78 is 0. The van der Waals surface area contributed by atoms with Gasteiger partial charge in [-0.05, 0) is 48.6 Å². The van der Waals surface area contributed by atoms with Crippen molar-refractivity contribution in [3.05, 3.63) is 65.5 Å². The van der Waals surface area contributed by atoms with Crippen LogP contribution >= 0.6 is 0 Å². The highest BCUT2D eigenvalue weighted by molar-refractivity contribution is 5.99.